The molecule has 2 aromatic carbocycles. The van der Waals surface area contributed by atoms with Crippen LogP contribution in [0.5, 0.6) is 28.7 Å². The summed E-state index contributed by atoms with van der Waals surface area (Å²) in [6.07, 6.45) is 1.99. The van der Waals surface area contributed by atoms with Crippen LogP contribution in [0.3, 0.4) is 0 Å². The zero-order valence-electron chi connectivity index (χ0n) is 24.5. The standard InChI is InChI=1S/C31H35N2O9/c1-30(2)11-16(12-31(3,4)33(30)37)28(35)32-26-18-10-21-20(41-14-42-21)9-17(18)24(25-19(26)13-40-29(25)36)15-7-22(38-5)27(34)23(8-15)39-6/h7-11,19,24-26,34H,12-14H2,1-6H3,(H,32,35)/t19-,24+,25-,26+/m0/s1. The van der Waals surface area contributed by atoms with Crippen LogP contribution in [0.2, 0.25) is 0 Å². The highest BCUT2D eigenvalue weighted by molar-refractivity contribution is 5.94. The first-order chi connectivity index (χ1) is 19.9. The van der Waals surface area contributed by atoms with Crippen molar-refractivity contribution in [2.45, 2.75) is 57.2 Å². The summed E-state index contributed by atoms with van der Waals surface area (Å²) in [4.78, 5) is 27.3. The monoisotopic (exact) mass is 579 g/mol. The quantitative estimate of drug-likeness (QED) is 0.508. The number of phenolic OH excluding ortho intramolecular Hbond substituents is 1. The van der Waals surface area contributed by atoms with Gasteiger partial charge in [-0.05, 0) is 75.1 Å². The Bertz CT molecular complexity index is 1470. The highest BCUT2D eigenvalue weighted by Gasteiger charge is 2.53. The van der Waals surface area contributed by atoms with E-state index in [1.165, 1.54) is 14.2 Å². The third-order valence-corrected chi connectivity index (χ3v) is 8.85. The van der Waals surface area contributed by atoms with Gasteiger partial charge in [-0.1, -0.05) is 6.08 Å². The van der Waals surface area contributed by atoms with Crippen molar-refractivity contribution < 1.29 is 43.6 Å². The average Bonchev–Trinajstić information content (AvgIpc) is 3.56. The lowest BCUT2D eigenvalue weighted by atomic mass is 9.65. The highest BCUT2D eigenvalue weighted by Crippen LogP contribution is 2.55. The molecular weight excluding hydrogens is 544 g/mol. The molecule has 0 spiro atoms. The Kier molecular flexibility index (Phi) is 6.58. The maximum atomic E-state index is 13.9. The van der Waals surface area contributed by atoms with Crippen LogP contribution in [0.25, 0.3) is 0 Å². The van der Waals surface area contributed by atoms with Crippen LogP contribution in [0.15, 0.2) is 35.9 Å². The molecule has 1 fully saturated rings. The Morgan fingerprint density at radius 2 is 1.62 bits per heavy atom. The smallest absolute Gasteiger partial charge is 0.310 e. The number of ether oxygens (including phenoxy) is 5. The molecule has 1 amide bonds. The van der Waals surface area contributed by atoms with Crippen LogP contribution >= 0.6 is 0 Å². The Hall–Kier alpha value is -3.96. The SMILES string of the molecule is COc1cc([C@@H]2c3cc4c(cc3[C@@H](NC(=O)C3=CC(C)(C)N([O])C(C)(C)C3)[C@H]3COC(=O)[C@H]23)OCO4)cc(OC)c1O. The number of hydrogen-bond acceptors (Lipinski definition) is 9. The maximum absolute atomic E-state index is 13.9. The van der Waals surface area contributed by atoms with Crippen molar-refractivity contribution in [1.82, 2.24) is 10.4 Å². The van der Waals surface area contributed by atoms with Gasteiger partial charge in [0.2, 0.25) is 18.4 Å². The van der Waals surface area contributed by atoms with Crippen LogP contribution in [0.1, 0.15) is 62.8 Å². The molecule has 3 heterocycles. The number of benzene rings is 2. The van der Waals surface area contributed by atoms with Crippen LogP contribution in [-0.2, 0) is 19.5 Å². The molecule has 2 aromatic rings. The second-order valence-corrected chi connectivity index (χ2v) is 12.5. The van der Waals surface area contributed by atoms with Crippen LogP contribution in [-0.4, -0.2) is 60.7 Å². The normalized spacial score (nSPS) is 26.9. The van der Waals surface area contributed by atoms with Gasteiger partial charge in [-0.3, -0.25) is 9.59 Å². The number of fused-ring (bicyclic) bond motifs is 3. The van der Waals surface area contributed by atoms with Gasteiger partial charge in [0.1, 0.15) is 0 Å². The van der Waals surface area contributed by atoms with Crippen molar-refractivity contribution in [1.29, 1.82) is 0 Å². The number of phenols is 1. The molecule has 3 aliphatic heterocycles. The lowest BCUT2D eigenvalue weighted by molar-refractivity contribution is -0.263. The molecule has 11 nitrogen and oxygen atoms in total. The first-order valence-electron chi connectivity index (χ1n) is 13.9. The number of nitrogens with zero attached hydrogens (tertiary/aromatic N) is 1. The number of esters is 1. The van der Waals surface area contributed by atoms with E-state index in [2.05, 4.69) is 5.32 Å². The molecule has 0 aromatic heterocycles. The lowest BCUT2D eigenvalue weighted by Crippen LogP contribution is -2.56. The number of nitrogens with one attached hydrogen (secondary N) is 1. The number of aromatic hydroxyl groups is 1. The van der Waals surface area contributed by atoms with Gasteiger partial charge >= 0.3 is 5.97 Å². The number of cyclic esters (lactones) is 1. The minimum Gasteiger partial charge on any atom is -0.502 e. The molecule has 0 bridgehead atoms. The molecule has 0 saturated carbocycles. The van der Waals surface area contributed by atoms with E-state index in [1.54, 1.807) is 32.1 Å². The minimum absolute atomic E-state index is 0.0540. The van der Waals surface area contributed by atoms with Crippen molar-refractivity contribution in [2.24, 2.45) is 11.8 Å². The Labute approximate surface area is 243 Å². The summed E-state index contributed by atoms with van der Waals surface area (Å²) < 4.78 is 27.9. The van der Waals surface area contributed by atoms with Gasteiger partial charge < -0.3 is 34.1 Å². The summed E-state index contributed by atoms with van der Waals surface area (Å²) in [7, 11) is 2.88. The molecule has 4 atom stereocenters. The first kappa shape index (κ1) is 28.2. The molecule has 223 valence electrons. The van der Waals surface area contributed by atoms with Gasteiger partial charge in [-0.25, -0.2) is 0 Å². The van der Waals surface area contributed by atoms with Gasteiger partial charge in [0.25, 0.3) is 0 Å². The molecule has 1 radical (unpaired) electrons. The largest absolute Gasteiger partial charge is 0.502 e. The molecule has 11 heteroatoms. The third kappa shape index (κ3) is 4.33. The van der Waals surface area contributed by atoms with E-state index in [9.17, 15) is 19.9 Å². The third-order valence-electron chi connectivity index (χ3n) is 8.85. The Balaban J connectivity index is 1.48. The molecular formula is C31H35N2O9. The topological polar surface area (TPSA) is 136 Å². The number of rotatable bonds is 5. The molecule has 6 rings (SSSR count). The summed E-state index contributed by atoms with van der Waals surface area (Å²) in [5.74, 6) is -0.964. The summed E-state index contributed by atoms with van der Waals surface area (Å²) in [5, 5.41) is 27.7. The van der Waals surface area contributed by atoms with Crippen LogP contribution in [0.4, 0.5) is 0 Å². The van der Waals surface area contributed by atoms with Crippen molar-refractivity contribution in [3.05, 3.63) is 52.6 Å². The highest BCUT2D eigenvalue weighted by atomic mass is 16.7. The summed E-state index contributed by atoms with van der Waals surface area (Å²) in [6, 6.07) is 6.48. The van der Waals surface area contributed by atoms with Crippen molar-refractivity contribution >= 4 is 11.9 Å². The van der Waals surface area contributed by atoms with Gasteiger partial charge in [-0.15, -0.1) is 10.3 Å². The molecule has 4 aliphatic rings. The first-order valence-corrected chi connectivity index (χ1v) is 13.9. The van der Waals surface area contributed by atoms with E-state index < -0.39 is 34.9 Å². The lowest BCUT2D eigenvalue weighted by Gasteiger charge is -2.45. The number of carbonyl (C=O) groups is 2. The molecule has 0 unspecified atom stereocenters. The molecule has 2 N–H and O–H groups in total. The molecule has 42 heavy (non-hydrogen) atoms. The fourth-order valence-corrected chi connectivity index (χ4v) is 7.07. The second-order valence-electron chi connectivity index (χ2n) is 12.5. The molecule has 1 aliphatic carbocycles. The van der Waals surface area contributed by atoms with E-state index in [0.717, 1.165) is 16.2 Å². The Morgan fingerprint density at radius 3 is 2.21 bits per heavy atom. The number of methoxy groups -OCH3 is 2. The maximum Gasteiger partial charge on any atom is 0.310 e. The summed E-state index contributed by atoms with van der Waals surface area (Å²) in [6.45, 7) is 7.38. The Morgan fingerprint density at radius 1 is 1.00 bits per heavy atom. The van der Waals surface area contributed by atoms with Gasteiger partial charge in [0.15, 0.2) is 23.0 Å². The number of amides is 1. The number of hydroxylamine groups is 2. The fraction of sp³-hybridized carbons (Fsp3) is 0.484. The average molecular weight is 580 g/mol. The van der Waals surface area contributed by atoms with E-state index in [4.69, 9.17) is 23.7 Å². The van der Waals surface area contributed by atoms with Crippen molar-refractivity contribution in [2.75, 3.05) is 27.6 Å². The van der Waals surface area contributed by atoms with E-state index >= 15 is 0 Å². The minimum atomic E-state index is -0.873. The number of carbonyl (C=O) groups excluding carboxylic acids is 2. The summed E-state index contributed by atoms with van der Waals surface area (Å²) in [5.41, 5.74) is 1.05. The molecule has 1 saturated heterocycles. The van der Waals surface area contributed by atoms with Gasteiger partial charge in [0, 0.05) is 22.9 Å². The van der Waals surface area contributed by atoms with Crippen LogP contribution < -0.4 is 24.3 Å². The second kappa shape index (κ2) is 9.81. The fourth-order valence-electron chi connectivity index (χ4n) is 7.07. The van der Waals surface area contributed by atoms with E-state index in [-0.39, 0.29) is 48.9 Å². The predicted octanol–water partition coefficient (Wildman–Crippen LogP) is 3.76. The van der Waals surface area contributed by atoms with Crippen molar-refractivity contribution in [3.63, 3.8) is 0 Å². The number of hydrogen-bond donors (Lipinski definition) is 2. The van der Waals surface area contributed by atoms with E-state index in [0.29, 0.717) is 22.6 Å². The zero-order valence-corrected chi connectivity index (χ0v) is 24.5. The van der Waals surface area contributed by atoms with Crippen molar-refractivity contribution in [3.8, 4) is 28.7 Å². The summed E-state index contributed by atoms with van der Waals surface area (Å²) >= 11 is 0. The van der Waals surface area contributed by atoms with Gasteiger partial charge in [-0.2, -0.15) is 0 Å². The predicted molar refractivity (Wildman–Crippen MR) is 148 cm³/mol. The van der Waals surface area contributed by atoms with Gasteiger partial charge in [0.05, 0.1) is 38.3 Å². The zero-order chi connectivity index (χ0) is 30.1. The van der Waals surface area contributed by atoms with Crippen LogP contribution in [0, 0.1) is 11.8 Å². The van der Waals surface area contributed by atoms with E-state index in [1.807, 2.05) is 26.0 Å².